The molecular weight excluding hydrogens is 304 g/mol. The van der Waals surface area contributed by atoms with Crippen molar-refractivity contribution in [3.05, 3.63) is 62.9 Å². The molecule has 1 aliphatic rings. The smallest absolute Gasteiger partial charge is 0.330 e. The molecule has 0 saturated heterocycles. The second kappa shape index (κ2) is 6.32. The summed E-state index contributed by atoms with van der Waals surface area (Å²) >= 11 is 5.98. The maximum absolute atomic E-state index is 11.0. The zero-order chi connectivity index (χ0) is 15.5. The van der Waals surface area contributed by atoms with Crippen LogP contribution in [0.1, 0.15) is 17.5 Å². The summed E-state index contributed by atoms with van der Waals surface area (Å²) in [4.78, 5) is 14.2. The summed E-state index contributed by atoms with van der Waals surface area (Å²) in [6.07, 6.45) is 5.47. The molecule has 0 bridgehead atoms. The van der Waals surface area contributed by atoms with E-state index in [-0.39, 0.29) is 16.5 Å². The van der Waals surface area contributed by atoms with E-state index < -0.39 is 4.92 Å². The molecule has 0 fully saturated rings. The highest BCUT2D eigenvalue weighted by Gasteiger charge is 2.23. The van der Waals surface area contributed by atoms with Gasteiger partial charge in [0, 0.05) is 6.20 Å². The number of hydrogen-bond acceptors (Lipinski definition) is 4. The number of nitro groups is 1. The molecule has 0 radical (unpaired) electrons. The molecule has 0 spiro atoms. The predicted molar refractivity (Wildman–Crippen MR) is 83.4 cm³/mol. The average molecular weight is 319 g/mol. The van der Waals surface area contributed by atoms with Crippen LogP contribution in [0.15, 0.2) is 36.7 Å². The highest BCUT2D eigenvalue weighted by Crippen LogP contribution is 2.34. The van der Waals surface area contributed by atoms with Crippen LogP contribution in [-0.2, 0) is 12.8 Å². The van der Waals surface area contributed by atoms with E-state index in [9.17, 15) is 10.1 Å². The van der Waals surface area contributed by atoms with Crippen LogP contribution in [0, 0.1) is 16.0 Å². The number of hydrogen-bond donors (Lipinski definition) is 0. The van der Waals surface area contributed by atoms with Gasteiger partial charge in [-0.25, -0.2) is 0 Å². The molecule has 1 aromatic carbocycles. The van der Waals surface area contributed by atoms with Gasteiger partial charge in [-0.15, -0.1) is 0 Å². The van der Waals surface area contributed by atoms with E-state index in [1.165, 1.54) is 17.3 Å². The molecule has 1 aliphatic carbocycles. The van der Waals surface area contributed by atoms with Gasteiger partial charge in [0.05, 0.1) is 11.5 Å². The Bertz CT molecular complexity index is 706. The molecule has 1 heterocycles. The standard InChI is InChI=1S/C16H15ClN2O3/c17-14-8-18-9-15(19(20)21)16(14)22-10-11-5-6-12-3-1-2-4-13(12)7-11/h1-4,8-9,11H,5-7,10H2. The topological polar surface area (TPSA) is 65.3 Å². The summed E-state index contributed by atoms with van der Waals surface area (Å²) in [5.41, 5.74) is 2.52. The first-order valence-corrected chi connectivity index (χ1v) is 7.50. The lowest BCUT2D eigenvalue weighted by Gasteiger charge is -2.24. The highest BCUT2D eigenvalue weighted by molar-refractivity contribution is 6.32. The third kappa shape index (κ3) is 3.04. The van der Waals surface area contributed by atoms with E-state index in [2.05, 4.69) is 23.2 Å². The minimum absolute atomic E-state index is 0.112. The lowest BCUT2D eigenvalue weighted by molar-refractivity contribution is -0.386. The number of halogens is 1. The molecule has 5 nitrogen and oxygen atoms in total. The molecule has 0 N–H and O–H groups in total. The Balaban J connectivity index is 1.71. The Morgan fingerprint density at radius 2 is 2.09 bits per heavy atom. The van der Waals surface area contributed by atoms with Crippen molar-refractivity contribution in [1.29, 1.82) is 0 Å². The third-order valence-corrected chi connectivity index (χ3v) is 4.21. The quantitative estimate of drug-likeness (QED) is 0.635. The molecule has 0 amide bonds. The first kappa shape index (κ1) is 14.8. The zero-order valence-corrected chi connectivity index (χ0v) is 12.6. The Morgan fingerprint density at radius 1 is 1.32 bits per heavy atom. The third-order valence-electron chi connectivity index (χ3n) is 3.94. The summed E-state index contributed by atoms with van der Waals surface area (Å²) < 4.78 is 5.67. The van der Waals surface area contributed by atoms with Crippen molar-refractivity contribution >= 4 is 17.3 Å². The van der Waals surface area contributed by atoms with Gasteiger partial charge in [0.15, 0.2) is 0 Å². The van der Waals surface area contributed by atoms with E-state index >= 15 is 0 Å². The minimum atomic E-state index is -0.523. The van der Waals surface area contributed by atoms with Crippen LogP contribution in [0.2, 0.25) is 5.02 Å². The first-order chi connectivity index (χ1) is 10.6. The summed E-state index contributed by atoms with van der Waals surface area (Å²) in [6.45, 7) is 0.416. The Morgan fingerprint density at radius 3 is 2.86 bits per heavy atom. The number of nitrogens with zero attached hydrogens (tertiary/aromatic N) is 2. The number of pyridine rings is 1. The number of benzene rings is 1. The van der Waals surface area contributed by atoms with Gasteiger partial charge in [-0.05, 0) is 36.3 Å². The number of ether oxygens (including phenoxy) is 1. The Hall–Kier alpha value is -2.14. The summed E-state index contributed by atoms with van der Waals surface area (Å²) in [6, 6.07) is 8.36. The van der Waals surface area contributed by atoms with Gasteiger partial charge in [-0.1, -0.05) is 35.9 Å². The lowest BCUT2D eigenvalue weighted by atomic mass is 9.84. The van der Waals surface area contributed by atoms with Gasteiger partial charge in [0.2, 0.25) is 5.75 Å². The molecule has 22 heavy (non-hydrogen) atoms. The fraction of sp³-hybridized carbons (Fsp3) is 0.312. The first-order valence-electron chi connectivity index (χ1n) is 7.12. The second-order valence-corrected chi connectivity index (χ2v) is 5.82. The minimum Gasteiger partial charge on any atom is -0.485 e. The molecule has 0 saturated carbocycles. The summed E-state index contributed by atoms with van der Waals surface area (Å²) in [5, 5.41) is 11.2. The van der Waals surface area contributed by atoms with Crippen molar-refractivity contribution in [2.24, 2.45) is 5.92 Å². The molecular formula is C16H15ClN2O3. The van der Waals surface area contributed by atoms with Crippen molar-refractivity contribution in [1.82, 2.24) is 4.98 Å². The summed E-state index contributed by atoms with van der Waals surface area (Å²) in [5.74, 6) is 0.444. The van der Waals surface area contributed by atoms with E-state index in [1.807, 2.05) is 6.07 Å². The molecule has 6 heteroatoms. The van der Waals surface area contributed by atoms with Crippen molar-refractivity contribution < 1.29 is 9.66 Å². The normalized spacial score (nSPS) is 16.9. The van der Waals surface area contributed by atoms with Crippen LogP contribution in [0.3, 0.4) is 0 Å². The van der Waals surface area contributed by atoms with Crippen molar-refractivity contribution in [3.8, 4) is 5.75 Å². The Labute approximate surface area is 133 Å². The van der Waals surface area contributed by atoms with Crippen LogP contribution in [0.4, 0.5) is 5.69 Å². The van der Waals surface area contributed by atoms with Gasteiger partial charge >= 0.3 is 5.69 Å². The zero-order valence-electron chi connectivity index (χ0n) is 11.9. The fourth-order valence-corrected chi connectivity index (χ4v) is 3.01. The number of rotatable bonds is 4. The molecule has 0 aliphatic heterocycles. The van der Waals surface area contributed by atoms with E-state index in [1.54, 1.807) is 0 Å². The monoisotopic (exact) mass is 318 g/mol. The van der Waals surface area contributed by atoms with Crippen molar-refractivity contribution in [2.75, 3.05) is 6.61 Å². The molecule has 1 aromatic heterocycles. The van der Waals surface area contributed by atoms with Crippen LogP contribution in [-0.4, -0.2) is 16.5 Å². The number of aryl methyl sites for hydroxylation is 1. The lowest BCUT2D eigenvalue weighted by Crippen LogP contribution is -2.21. The van der Waals surface area contributed by atoms with Crippen LogP contribution in [0.25, 0.3) is 0 Å². The maximum Gasteiger partial charge on any atom is 0.330 e. The van der Waals surface area contributed by atoms with Crippen molar-refractivity contribution in [2.45, 2.75) is 19.3 Å². The molecule has 2 aromatic rings. The highest BCUT2D eigenvalue weighted by atomic mass is 35.5. The van der Waals surface area contributed by atoms with Crippen LogP contribution in [0.5, 0.6) is 5.75 Å². The van der Waals surface area contributed by atoms with E-state index in [0.29, 0.717) is 12.5 Å². The van der Waals surface area contributed by atoms with Gasteiger partial charge in [-0.3, -0.25) is 15.1 Å². The SMILES string of the molecule is O=[N+]([O-])c1cncc(Cl)c1OCC1CCc2ccccc2C1. The summed E-state index contributed by atoms with van der Waals surface area (Å²) in [7, 11) is 0. The molecule has 1 unspecified atom stereocenters. The van der Waals surface area contributed by atoms with Gasteiger partial charge in [0.1, 0.15) is 11.2 Å². The van der Waals surface area contributed by atoms with Gasteiger partial charge in [0.25, 0.3) is 0 Å². The average Bonchev–Trinajstić information content (AvgIpc) is 2.53. The second-order valence-electron chi connectivity index (χ2n) is 5.42. The largest absolute Gasteiger partial charge is 0.485 e. The van der Waals surface area contributed by atoms with Gasteiger partial charge < -0.3 is 4.74 Å². The number of fused-ring (bicyclic) bond motifs is 1. The molecule has 114 valence electrons. The maximum atomic E-state index is 11.0. The van der Waals surface area contributed by atoms with E-state index in [4.69, 9.17) is 16.3 Å². The molecule has 1 atom stereocenters. The number of aromatic nitrogens is 1. The fourth-order valence-electron chi connectivity index (χ4n) is 2.80. The van der Waals surface area contributed by atoms with Gasteiger partial charge in [-0.2, -0.15) is 0 Å². The van der Waals surface area contributed by atoms with Crippen molar-refractivity contribution in [3.63, 3.8) is 0 Å². The Kier molecular flexibility index (Phi) is 4.24. The molecule has 3 rings (SSSR count). The van der Waals surface area contributed by atoms with Crippen LogP contribution < -0.4 is 4.74 Å². The van der Waals surface area contributed by atoms with Crippen LogP contribution >= 0.6 is 11.6 Å². The van der Waals surface area contributed by atoms with E-state index in [0.717, 1.165) is 25.5 Å². The predicted octanol–water partition coefficient (Wildman–Crippen LogP) is 3.83.